The summed E-state index contributed by atoms with van der Waals surface area (Å²) in [6, 6.07) is 0. The number of halogens is 1. The lowest BCUT2D eigenvalue weighted by Crippen LogP contribution is -2.48. The van der Waals surface area contributed by atoms with Crippen LogP contribution in [0.5, 0.6) is 0 Å². The zero-order chi connectivity index (χ0) is 11.8. The topological polar surface area (TPSA) is 66.3 Å². The number of aromatic nitrogens is 2. The Morgan fingerprint density at radius 3 is 2.75 bits per heavy atom. The molecule has 1 N–H and O–H groups in total. The van der Waals surface area contributed by atoms with Crippen molar-refractivity contribution >= 4 is 11.9 Å². The van der Waals surface area contributed by atoms with E-state index in [1.165, 1.54) is 0 Å². The van der Waals surface area contributed by atoms with E-state index in [9.17, 15) is 14.3 Å². The molecule has 0 aliphatic carbocycles. The van der Waals surface area contributed by atoms with Crippen molar-refractivity contribution in [1.29, 1.82) is 0 Å². The monoisotopic (exact) mass is 225 g/mol. The second-order valence-electron chi connectivity index (χ2n) is 4.04. The molecule has 0 amide bonds. The van der Waals surface area contributed by atoms with Gasteiger partial charge in [-0.2, -0.15) is 0 Å². The SMILES string of the molecule is CC1(C(=O)O)CCCN1c1ncc(F)cn1. The highest BCUT2D eigenvalue weighted by atomic mass is 19.1. The minimum atomic E-state index is -0.988. The Balaban J connectivity index is 2.33. The van der Waals surface area contributed by atoms with Gasteiger partial charge in [0, 0.05) is 6.54 Å². The Morgan fingerprint density at radius 1 is 1.56 bits per heavy atom. The largest absolute Gasteiger partial charge is 0.480 e. The molecule has 1 aliphatic rings. The van der Waals surface area contributed by atoms with E-state index in [1.807, 2.05) is 0 Å². The summed E-state index contributed by atoms with van der Waals surface area (Å²) in [4.78, 5) is 20.4. The smallest absolute Gasteiger partial charge is 0.329 e. The number of hydrogen-bond acceptors (Lipinski definition) is 4. The number of carboxylic acids is 1. The van der Waals surface area contributed by atoms with E-state index in [1.54, 1.807) is 11.8 Å². The lowest BCUT2D eigenvalue weighted by Gasteiger charge is -2.30. The van der Waals surface area contributed by atoms with Gasteiger partial charge in [-0.25, -0.2) is 19.2 Å². The van der Waals surface area contributed by atoms with Gasteiger partial charge in [0.25, 0.3) is 0 Å². The third-order valence-electron chi connectivity index (χ3n) is 2.95. The number of rotatable bonds is 2. The fourth-order valence-electron chi connectivity index (χ4n) is 1.95. The molecular weight excluding hydrogens is 213 g/mol. The molecule has 0 spiro atoms. The maximum absolute atomic E-state index is 12.7. The fourth-order valence-corrected chi connectivity index (χ4v) is 1.95. The molecule has 1 saturated heterocycles. The summed E-state index contributed by atoms with van der Waals surface area (Å²) in [5, 5.41) is 9.19. The van der Waals surface area contributed by atoms with Gasteiger partial charge >= 0.3 is 5.97 Å². The van der Waals surface area contributed by atoms with Crippen molar-refractivity contribution in [3.8, 4) is 0 Å². The first-order chi connectivity index (χ1) is 7.54. The summed E-state index contributed by atoms with van der Waals surface area (Å²) in [5.74, 6) is -1.17. The van der Waals surface area contributed by atoms with Gasteiger partial charge in [-0.1, -0.05) is 0 Å². The molecule has 1 atom stereocenters. The van der Waals surface area contributed by atoms with Gasteiger partial charge < -0.3 is 10.0 Å². The molecule has 0 radical (unpaired) electrons. The molecule has 0 aromatic carbocycles. The highest BCUT2D eigenvalue weighted by molar-refractivity contribution is 5.83. The number of carboxylic acid groups (broad SMARTS) is 1. The molecule has 0 saturated carbocycles. The van der Waals surface area contributed by atoms with Crippen molar-refractivity contribution in [2.45, 2.75) is 25.3 Å². The van der Waals surface area contributed by atoms with Crippen LogP contribution in [0, 0.1) is 5.82 Å². The Bertz CT molecular complexity index is 409. The van der Waals surface area contributed by atoms with E-state index in [2.05, 4.69) is 9.97 Å². The van der Waals surface area contributed by atoms with Gasteiger partial charge in [-0.05, 0) is 19.8 Å². The number of nitrogens with zero attached hydrogens (tertiary/aromatic N) is 3. The first-order valence-electron chi connectivity index (χ1n) is 5.02. The fraction of sp³-hybridized carbons (Fsp3) is 0.500. The number of carbonyl (C=O) groups is 1. The maximum atomic E-state index is 12.7. The molecule has 2 heterocycles. The van der Waals surface area contributed by atoms with Gasteiger partial charge in [0.1, 0.15) is 5.54 Å². The van der Waals surface area contributed by atoms with Crippen LogP contribution in [0.1, 0.15) is 19.8 Å². The van der Waals surface area contributed by atoms with Crippen molar-refractivity contribution in [3.63, 3.8) is 0 Å². The molecule has 0 bridgehead atoms. The van der Waals surface area contributed by atoms with Gasteiger partial charge in [0.05, 0.1) is 12.4 Å². The Kier molecular flexibility index (Phi) is 2.49. The molecular formula is C10H12FN3O2. The predicted molar refractivity (Wildman–Crippen MR) is 54.6 cm³/mol. The zero-order valence-electron chi connectivity index (χ0n) is 8.85. The molecule has 16 heavy (non-hydrogen) atoms. The van der Waals surface area contributed by atoms with E-state index in [0.717, 1.165) is 18.8 Å². The minimum Gasteiger partial charge on any atom is -0.480 e. The molecule has 5 nitrogen and oxygen atoms in total. The van der Waals surface area contributed by atoms with Crippen LogP contribution in [0.25, 0.3) is 0 Å². The van der Waals surface area contributed by atoms with Crippen molar-refractivity contribution < 1.29 is 14.3 Å². The van der Waals surface area contributed by atoms with Crippen LogP contribution >= 0.6 is 0 Å². The Labute approximate surface area is 91.9 Å². The van der Waals surface area contributed by atoms with Crippen LogP contribution in [0.4, 0.5) is 10.3 Å². The summed E-state index contributed by atoms with van der Waals surface area (Å²) in [5.41, 5.74) is -0.988. The van der Waals surface area contributed by atoms with Crippen LogP contribution < -0.4 is 4.90 Å². The first kappa shape index (κ1) is 10.8. The van der Waals surface area contributed by atoms with E-state index >= 15 is 0 Å². The first-order valence-corrected chi connectivity index (χ1v) is 5.02. The second-order valence-corrected chi connectivity index (χ2v) is 4.04. The van der Waals surface area contributed by atoms with Crippen LogP contribution in [-0.2, 0) is 4.79 Å². The van der Waals surface area contributed by atoms with Gasteiger partial charge in [0.15, 0.2) is 5.82 Å². The molecule has 1 aromatic heterocycles. The van der Waals surface area contributed by atoms with Crippen molar-refractivity contribution in [3.05, 3.63) is 18.2 Å². The van der Waals surface area contributed by atoms with E-state index in [4.69, 9.17) is 0 Å². The molecule has 6 heteroatoms. The quantitative estimate of drug-likeness (QED) is 0.815. The summed E-state index contributed by atoms with van der Waals surface area (Å²) >= 11 is 0. The van der Waals surface area contributed by atoms with Crippen LogP contribution in [-0.4, -0.2) is 33.1 Å². The maximum Gasteiger partial charge on any atom is 0.329 e. The summed E-state index contributed by atoms with van der Waals surface area (Å²) in [7, 11) is 0. The number of hydrogen-bond donors (Lipinski definition) is 1. The highest BCUT2D eigenvalue weighted by Crippen LogP contribution is 2.31. The van der Waals surface area contributed by atoms with E-state index in [-0.39, 0.29) is 5.95 Å². The van der Waals surface area contributed by atoms with E-state index in [0.29, 0.717) is 13.0 Å². The molecule has 1 aromatic rings. The molecule has 2 rings (SSSR count). The third kappa shape index (κ3) is 1.60. The lowest BCUT2D eigenvalue weighted by atomic mass is 10.00. The Morgan fingerprint density at radius 2 is 2.19 bits per heavy atom. The number of anilines is 1. The lowest BCUT2D eigenvalue weighted by molar-refractivity contribution is -0.142. The summed E-state index contributed by atoms with van der Waals surface area (Å²) < 4.78 is 12.7. The van der Waals surface area contributed by atoms with Gasteiger partial charge in [-0.15, -0.1) is 0 Å². The summed E-state index contributed by atoms with van der Waals surface area (Å²) in [6.45, 7) is 2.21. The summed E-state index contributed by atoms with van der Waals surface area (Å²) in [6.07, 6.45) is 3.40. The average molecular weight is 225 g/mol. The van der Waals surface area contributed by atoms with Gasteiger partial charge in [-0.3, -0.25) is 0 Å². The van der Waals surface area contributed by atoms with Crippen molar-refractivity contribution in [2.75, 3.05) is 11.4 Å². The van der Waals surface area contributed by atoms with Crippen molar-refractivity contribution in [2.24, 2.45) is 0 Å². The van der Waals surface area contributed by atoms with Crippen LogP contribution in [0.2, 0.25) is 0 Å². The molecule has 1 unspecified atom stereocenters. The molecule has 86 valence electrons. The second kappa shape index (κ2) is 3.70. The zero-order valence-corrected chi connectivity index (χ0v) is 8.85. The molecule has 1 aliphatic heterocycles. The Hall–Kier alpha value is -1.72. The standard InChI is InChI=1S/C10H12FN3O2/c1-10(8(15)16)3-2-4-14(10)9-12-5-7(11)6-13-9/h5-6H,2-4H2,1H3,(H,15,16). The normalized spacial score (nSPS) is 24.8. The van der Waals surface area contributed by atoms with Crippen LogP contribution in [0.15, 0.2) is 12.4 Å². The third-order valence-corrected chi connectivity index (χ3v) is 2.95. The predicted octanol–water partition coefficient (Wildman–Crippen LogP) is 1.06. The van der Waals surface area contributed by atoms with Gasteiger partial charge in [0.2, 0.25) is 5.95 Å². The number of aliphatic carboxylic acids is 1. The minimum absolute atomic E-state index is 0.267. The van der Waals surface area contributed by atoms with E-state index < -0.39 is 17.3 Å². The van der Waals surface area contributed by atoms with Crippen LogP contribution in [0.3, 0.4) is 0 Å². The molecule has 1 fully saturated rings. The average Bonchev–Trinajstić information content (AvgIpc) is 2.63. The van der Waals surface area contributed by atoms with Crippen molar-refractivity contribution in [1.82, 2.24) is 9.97 Å². The highest BCUT2D eigenvalue weighted by Gasteiger charge is 2.44.